The van der Waals surface area contributed by atoms with Crippen LogP contribution in [0.5, 0.6) is 5.88 Å². The monoisotopic (exact) mass is 318 g/mol. The van der Waals surface area contributed by atoms with E-state index in [4.69, 9.17) is 21.3 Å². The smallest absolute Gasteiger partial charge is 0.242 e. The summed E-state index contributed by atoms with van der Waals surface area (Å²) >= 11 is 7.76. The summed E-state index contributed by atoms with van der Waals surface area (Å²) in [6, 6.07) is 11.8. The molecule has 0 fully saturated rings. The van der Waals surface area contributed by atoms with E-state index in [0.717, 1.165) is 28.0 Å². The van der Waals surface area contributed by atoms with Crippen LogP contribution in [-0.2, 0) is 0 Å². The van der Waals surface area contributed by atoms with E-state index in [1.165, 1.54) is 0 Å². The van der Waals surface area contributed by atoms with Crippen LogP contribution in [0, 0.1) is 0 Å². The van der Waals surface area contributed by atoms with Gasteiger partial charge in [0.1, 0.15) is 12.3 Å². The number of hydrogen-bond acceptors (Lipinski definition) is 4. The lowest BCUT2D eigenvalue weighted by atomic mass is 10.2. The maximum absolute atomic E-state index is 6.14. The van der Waals surface area contributed by atoms with Crippen molar-refractivity contribution in [2.75, 3.05) is 6.61 Å². The molecular formula is C16H15ClN2OS. The van der Waals surface area contributed by atoms with Crippen LogP contribution < -0.4 is 4.74 Å². The Morgan fingerprint density at radius 1 is 1.14 bits per heavy atom. The molecule has 3 rings (SSSR count). The van der Waals surface area contributed by atoms with Crippen molar-refractivity contribution in [3.8, 4) is 16.5 Å². The minimum atomic E-state index is -0.0190. The van der Waals surface area contributed by atoms with Crippen LogP contribution in [0.2, 0.25) is 0 Å². The Kier molecular flexibility index (Phi) is 4.36. The molecule has 0 aliphatic carbocycles. The SMILES string of the molecule is CCC(Cl)COc1nc2ccccc2nc1-c1cccs1. The predicted molar refractivity (Wildman–Crippen MR) is 88.3 cm³/mol. The zero-order valence-corrected chi connectivity index (χ0v) is 13.2. The average molecular weight is 319 g/mol. The largest absolute Gasteiger partial charge is 0.475 e. The van der Waals surface area contributed by atoms with Crippen LogP contribution in [0.15, 0.2) is 41.8 Å². The van der Waals surface area contributed by atoms with E-state index >= 15 is 0 Å². The van der Waals surface area contributed by atoms with Crippen molar-refractivity contribution in [3.05, 3.63) is 41.8 Å². The van der Waals surface area contributed by atoms with Gasteiger partial charge in [0, 0.05) is 0 Å². The number of thiophene rings is 1. The Hall–Kier alpha value is -1.65. The number of rotatable bonds is 5. The number of para-hydroxylation sites is 2. The van der Waals surface area contributed by atoms with Gasteiger partial charge in [-0.15, -0.1) is 22.9 Å². The van der Waals surface area contributed by atoms with Crippen LogP contribution in [0.3, 0.4) is 0 Å². The molecule has 0 spiro atoms. The van der Waals surface area contributed by atoms with E-state index < -0.39 is 0 Å². The van der Waals surface area contributed by atoms with Gasteiger partial charge in [-0.05, 0) is 30.0 Å². The third-order valence-electron chi connectivity index (χ3n) is 3.14. The standard InChI is InChI=1S/C16H15ClN2OS/c1-2-11(17)10-20-16-15(14-8-5-9-21-14)18-12-6-3-4-7-13(12)19-16/h3-9,11H,2,10H2,1H3. The number of nitrogens with zero attached hydrogens (tertiary/aromatic N) is 2. The molecule has 2 heterocycles. The van der Waals surface area contributed by atoms with Crippen molar-refractivity contribution in [1.82, 2.24) is 9.97 Å². The molecule has 0 N–H and O–H groups in total. The zero-order chi connectivity index (χ0) is 14.7. The molecule has 2 aromatic heterocycles. The van der Waals surface area contributed by atoms with Crippen molar-refractivity contribution in [1.29, 1.82) is 0 Å². The van der Waals surface area contributed by atoms with Crippen LogP contribution in [0.4, 0.5) is 0 Å². The van der Waals surface area contributed by atoms with E-state index in [9.17, 15) is 0 Å². The Labute approximate surface area is 132 Å². The third kappa shape index (κ3) is 3.17. The average Bonchev–Trinajstić information content (AvgIpc) is 3.05. The topological polar surface area (TPSA) is 35.0 Å². The minimum absolute atomic E-state index is 0.0190. The van der Waals surface area contributed by atoms with Gasteiger partial charge in [-0.2, -0.15) is 0 Å². The molecule has 0 bridgehead atoms. The first-order chi connectivity index (χ1) is 10.3. The van der Waals surface area contributed by atoms with Gasteiger partial charge in [-0.1, -0.05) is 25.1 Å². The fourth-order valence-electron chi connectivity index (χ4n) is 1.95. The molecule has 0 aliphatic rings. The van der Waals surface area contributed by atoms with Crippen molar-refractivity contribution >= 4 is 34.0 Å². The van der Waals surface area contributed by atoms with Gasteiger partial charge in [0.25, 0.3) is 0 Å². The summed E-state index contributed by atoms with van der Waals surface area (Å²) < 4.78 is 5.82. The van der Waals surface area contributed by atoms with Gasteiger partial charge < -0.3 is 4.74 Å². The highest BCUT2D eigenvalue weighted by molar-refractivity contribution is 7.13. The number of hydrogen-bond donors (Lipinski definition) is 0. The lowest BCUT2D eigenvalue weighted by Crippen LogP contribution is -2.12. The summed E-state index contributed by atoms with van der Waals surface area (Å²) in [4.78, 5) is 10.3. The molecule has 108 valence electrons. The number of fused-ring (bicyclic) bond motifs is 1. The quantitative estimate of drug-likeness (QED) is 0.636. The van der Waals surface area contributed by atoms with Gasteiger partial charge in [-0.25, -0.2) is 9.97 Å². The van der Waals surface area contributed by atoms with Crippen LogP contribution in [0.1, 0.15) is 13.3 Å². The molecule has 3 aromatic rings. The highest BCUT2D eigenvalue weighted by Crippen LogP contribution is 2.32. The first kappa shape index (κ1) is 14.3. The molecule has 0 radical (unpaired) electrons. The van der Waals surface area contributed by atoms with Crippen LogP contribution >= 0.6 is 22.9 Å². The summed E-state index contributed by atoms with van der Waals surface area (Å²) in [6.45, 7) is 2.47. The summed E-state index contributed by atoms with van der Waals surface area (Å²) in [6.07, 6.45) is 0.858. The fourth-order valence-corrected chi connectivity index (χ4v) is 2.71. The number of alkyl halides is 1. The molecule has 21 heavy (non-hydrogen) atoms. The van der Waals surface area contributed by atoms with E-state index in [0.29, 0.717) is 12.5 Å². The summed E-state index contributed by atoms with van der Waals surface area (Å²) in [5.41, 5.74) is 2.48. The Balaban J connectivity index is 2.04. The summed E-state index contributed by atoms with van der Waals surface area (Å²) in [5.74, 6) is 0.551. The van der Waals surface area contributed by atoms with Crippen molar-refractivity contribution < 1.29 is 4.74 Å². The highest BCUT2D eigenvalue weighted by Gasteiger charge is 2.14. The molecule has 1 unspecified atom stereocenters. The van der Waals surface area contributed by atoms with E-state index in [-0.39, 0.29) is 5.38 Å². The van der Waals surface area contributed by atoms with Crippen LogP contribution in [-0.4, -0.2) is 22.0 Å². The third-order valence-corrected chi connectivity index (χ3v) is 4.45. The van der Waals surface area contributed by atoms with Gasteiger partial charge in [-0.3, -0.25) is 0 Å². The Morgan fingerprint density at radius 2 is 1.90 bits per heavy atom. The van der Waals surface area contributed by atoms with Crippen LogP contribution in [0.25, 0.3) is 21.6 Å². The molecule has 3 nitrogen and oxygen atoms in total. The number of ether oxygens (including phenoxy) is 1. The molecule has 5 heteroatoms. The maximum atomic E-state index is 6.14. The number of halogens is 1. The molecule has 1 aromatic carbocycles. The lowest BCUT2D eigenvalue weighted by molar-refractivity contribution is 0.302. The second-order valence-electron chi connectivity index (χ2n) is 4.66. The van der Waals surface area contributed by atoms with Gasteiger partial charge in [0.2, 0.25) is 5.88 Å². The maximum Gasteiger partial charge on any atom is 0.242 e. The highest BCUT2D eigenvalue weighted by atomic mass is 35.5. The van der Waals surface area contributed by atoms with Crippen molar-refractivity contribution in [3.63, 3.8) is 0 Å². The van der Waals surface area contributed by atoms with E-state index in [1.54, 1.807) is 11.3 Å². The molecule has 0 aliphatic heterocycles. The zero-order valence-electron chi connectivity index (χ0n) is 11.6. The molecular weight excluding hydrogens is 304 g/mol. The van der Waals surface area contributed by atoms with Crippen molar-refractivity contribution in [2.24, 2.45) is 0 Å². The van der Waals surface area contributed by atoms with E-state index in [1.807, 2.05) is 48.7 Å². The normalized spacial score (nSPS) is 12.5. The fraction of sp³-hybridized carbons (Fsp3) is 0.250. The number of aromatic nitrogens is 2. The first-order valence-corrected chi connectivity index (χ1v) is 8.17. The number of benzene rings is 1. The molecule has 0 saturated carbocycles. The Morgan fingerprint density at radius 3 is 2.57 bits per heavy atom. The van der Waals surface area contributed by atoms with Crippen molar-refractivity contribution in [2.45, 2.75) is 18.7 Å². The Bertz CT molecular complexity index is 730. The van der Waals surface area contributed by atoms with Gasteiger partial charge in [0.05, 0.1) is 21.3 Å². The second-order valence-corrected chi connectivity index (χ2v) is 6.22. The molecule has 0 saturated heterocycles. The van der Waals surface area contributed by atoms with Gasteiger partial charge in [0.15, 0.2) is 0 Å². The van der Waals surface area contributed by atoms with Gasteiger partial charge >= 0.3 is 0 Å². The minimum Gasteiger partial charge on any atom is -0.475 e. The predicted octanol–water partition coefficient (Wildman–Crippen LogP) is 4.75. The second kappa shape index (κ2) is 6.41. The summed E-state index contributed by atoms with van der Waals surface area (Å²) in [5, 5.41) is 2.00. The summed E-state index contributed by atoms with van der Waals surface area (Å²) in [7, 11) is 0. The molecule has 1 atom stereocenters. The molecule has 0 amide bonds. The van der Waals surface area contributed by atoms with E-state index in [2.05, 4.69) is 4.98 Å². The first-order valence-electron chi connectivity index (χ1n) is 6.85. The lowest BCUT2D eigenvalue weighted by Gasteiger charge is -2.12.